The molecular weight excluding hydrogens is 403 g/mol. The van der Waals surface area contributed by atoms with Crippen molar-refractivity contribution in [2.45, 2.75) is 26.4 Å². The third-order valence-electron chi connectivity index (χ3n) is 5.66. The largest absolute Gasteiger partial charge is 0.416 e. The quantitative estimate of drug-likeness (QED) is 0.567. The van der Waals surface area contributed by atoms with E-state index in [0.29, 0.717) is 34.4 Å². The Morgan fingerprint density at radius 2 is 1.68 bits per heavy atom. The number of carbonyl (C=O) groups is 1. The molecule has 0 radical (unpaired) electrons. The summed E-state index contributed by atoms with van der Waals surface area (Å²) in [7, 11) is 0. The molecule has 7 heteroatoms. The summed E-state index contributed by atoms with van der Waals surface area (Å²) in [5.74, 6) is 1.01. The maximum atomic E-state index is 13.0. The number of aromatic amines is 1. The van der Waals surface area contributed by atoms with E-state index < -0.39 is 11.7 Å². The summed E-state index contributed by atoms with van der Waals surface area (Å²) in [6.45, 7) is 5.87. The Hall–Kier alpha value is -3.09. The topological polar surface area (TPSA) is 49.0 Å². The highest BCUT2D eigenvalue weighted by atomic mass is 19.4. The maximum Gasteiger partial charge on any atom is 0.416 e. The van der Waals surface area contributed by atoms with Crippen LogP contribution in [0.25, 0.3) is 22.5 Å². The van der Waals surface area contributed by atoms with Crippen LogP contribution in [0.3, 0.4) is 0 Å². The standard InChI is InChI=1S/C24H24F3N3O/c1-15-10-16(2)14-30(13-15)23(31)18-8-6-17(7-9-18)21-12-22(29-28-21)19-4-3-5-20(11-19)24(25,26)27/h3-9,11-12,15-16H,10,13-14H2,1-2H3,(H,28,29)/t15-,16-/m1/s1. The van der Waals surface area contributed by atoms with Crippen LogP contribution in [0, 0.1) is 11.8 Å². The Morgan fingerprint density at radius 1 is 1.00 bits per heavy atom. The molecule has 0 spiro atoms. The van der Waals surface area contributed by atoms with Crippen LogP contribution in [-0.4, -0.2) is 34.1 Å². The highest BCUT2D eigenvalue weighted by molar-refractivity contribution is 5.94. The van der Waals surface area contributed by atoms with E-state index in [2.05, 4.69) is 24.0 Å². The summed E-state index contributed by atoms with van der Waals surface area (Å²) in [5.41, 5.74) is 2.21. The van der Waals surface area contributed by atoms with Crippen LogP contribution in [0.5, 0.6) is 0 Å². The van der Waals surface area contributed by atoms with E-state index in [-0.39, 0.29) is 5.91 Å². The highest BCUT2D eigenvalue weighted by Crippen LogP contribution is 2.32. The number of likely N-dealkylation sites (tertiary alicyclic amines) is 1. The molecule has 1 aromatic heterocycles. The minimum Gasteiger partial charge on any atom is -0.338 e. The van der Waals surface area contributed by atoms with E-state index in [9.17, 15) is 18.0 Å². The summed E-state index contributed by atoms with van der Waals surface area (Å²) in [6, 6.07) is 14.0. The van der Waals surface area contributed by atoms with Gasteiger partial charge < -0.3 is 4.90 Å². The molecule has 3 aromatic rings. The van der Waals surface area contributed by atoms with Crippen molar-refractivity contribution >= 4 is 5.91 Å². The van der Waals surface area contributed by atoms with Gasteiger partial charge >= 0.3 is 6.18 Å². The molecule has 2 heterocycles. The van der Waals surface area contributed by atoms with Gasteiger partial charge in [0.1, 0.15) is 0 Å². The number of aromatic nitrogens is 2. The smallest absolute Gasteiger partial charge is 0.338 e. The molecule has 1 aliphatic rings. The fraction of sp³-hybridized carbons (Fsp3) is 0.333. The lowest BCUT2D eigenvalue weighted by atomic mass is 9.91. The van der Waals surface area contributed by atoms with Gasteiger partial charge in [0.15, 0.2) is 0 Å². The van der Waals surface area contributed by atoms with Crippen LogP contribution in [0.15, 0.2) is 54.6 Å². The van der Waals surface area contributed by atoms with E-state index in [0.717, 1.165) is 37.2 Å². The van der Waals surface area contributed by atoms with E-state index in [4.69, 9.17) is 0 Å². The van der Waals surface area contributed by atoms with Gasteiger partial charge in [-0.2, -0.15) is 18.3 Å². The molecule has 1 saturated heterocycles. The minimum absolute atomic E-state index is 0.0271. The maximum absolute atomic E-state index is 13.0. The predicted molar refractivity (Wildman–Crippen MR) is 113 cm³/mol. The number of nitrogens with one attached hydrogen (secondary N) is 1. The van der Waals surface area contributed by atoms with Gasteiger partial charge in [0.25, 0.3) is 5.91 Å². The zero-order valence-corrected chi connectivity index (χ0v) is 17.4. The molecule has 0 aliphatic carbocycles. The Bertz CT molecular complexity index is 1060. The van der Waals surface area contributed by atoms with Crippen LogP contribution in [-0.2, 0) is 6.18 Å². The SMILES string of the molecule is C[C@@H]1C[C@@H](C)CN(C(=O)c2ccc(-c3cc(-c4cccc(C(F)(F)F)c4)n[nH]3)cc2)C1. The Balaban J connectivity index is 1.52. The summed E-state index contributed by atoms with van der Waals surface area (Å²) in [6.07, 6.45) is -3.27. The summed E-state index contributed by atoms with van der Waals surface area (Å²) in [4.78, 5) is 14.8. The Morgan fingerprint density at radius 3 is 2.32 bits per heavy atom. The fourth-order valence-corrected chi connectivity index (χ4v) is 4.28. The molecule has 0 saturated carbocycles. The molecule has 162 valence electrons. The van der Waals surface area contributed by atoms with E-state index in [1.165, 1.54) is 6.07 Å². The van der Waals surface area contributed by atoms with Crippen LogP contribution in [0.4, 0.5) is 13.2 Å². The zero-order valence-electron chi connectivity index (χ0n) is 17.4. The molecule has 4 rings (SSSR count). The number of rotatable bonds is 3. The average molecular weight is 427 g/mol. The normalized spacial score (nSPS) is 19.5. The number of piperidine rings is 1. The van der Waals surface area contributed by atoms with Crippen molar-refractivity contribution in [2.24, 2.45) is 11.8 Å². The third kappa shape index (κ3) is 4.65. The number of hydrogen-bond acceptors (Lipinski definition) is 2. The Labute approximate surface area is 179 Å². The second-order valence-electron chi connectivity index (χ2n) is 8.48. The Kier molecular flexibility index (Phi) is 5.60. The summed E-state index contributed by atoms with van der Waals surface area (Å²) in [5, 5.41) is 7.04. The van der Waals surface area contributed by atoms with Crippen LogP contribution >= 0.6 is 0 Å². The van der Waals surface area contributed by atoms with Crippen LogP contribution in [0.2, 0.25) is 0 Å². The molecule has 0 bridgehead atoms. The van der Waals surface area contributed by atoms with Gasteiger partial charge in [-0.05, 0) is 54.2 Å². The van der Waals surface area contributed by atoms with E-state index >= 15 is 0 Å². The van der Waals surface area contributed by atoms with Gasteiger partial charge in [-0.15, -0.1) is 0 Å². The summed E-state index contributed by atoms with van der Waals surface area (Å²) < 4.78 is 38.9. The number of carbonyl (C=O) groups excluding carboxylic acids is 1. The molecule has 1 amide bonds. The number of alkyl halides is 3. The van der Waals surface area contributed by atoms with Gasteiger partial charge in [-0.25, -0.2) is 0 Å². The molecule has 0 unspecified atom stereocenters. The van der Waals surface area contributed by atoms with Crippen molar-refractivity contribution in [3.05, 3.63) is 65.7 Å². The molecule has 1 fully saturated rings. The number of H-pyrrole nitrogens is 1. The first-order chi connectivity index (χ1) is 14.7. The second-order valence-corrected chi connectivity index (χ2v) is 8.48. The van der Waals surface area contributed by atoms with Gasteiger partial charge in [-0.1, -0.05) is 38.1 Å². The molecule has 2 aromatic carbocycles. The monoisotopic (exact) mass is 427 g/mol. The molecule has 1 aliphatic heterocycles. The van der Waals surface area contributed by atoms with Crippen molar-refractivity contribution < 1.29 is 18.0 Å². The van der Waals surface area contributed by atoms with Crippen LogP contribution < -0.4 is 0 Å². The minimum atomic E-state index is -4.40. The highest BCUT2D eigenvalue weighted by Gasteiger charge is 2.30. The van der Waals surface area contributed by atoms with Gasteiger partial charge in [-0.3, -0.25) is 9.89 Å². The number of halogens is 3. The molecule has 2 atom stereocenters. The number of amides is 1. The molecule has 4 nitrogen and oxygen atoms in total. The van der Waals surface area contributed by atoms with Crippen molar-refractivity contribution in [2.75, 3.05) is 13.1 Å². The third-order valence-corrected chi connectivity index (χ3v) is 5.66. The predicted octanol–water partition coefficient (Wildman–Crippen LogP) is 5.88. The lowest BCUT2D eigenvalue weighted by Gasteiger charge is -2.35. The number of nitrogens with zero attached hydrogens (tertiary/aromatic N) is 2. The van der Waals surface area contributed by atoms with Crippen LogP contribution in [0.1, 0.15) is 36.2 Å². The molecule has 1 N–H and O–H groups in total. The molecule has 31 heavy (non-hydrogen) atoms. The number of benzene rings is 2. The lowest BCUT2D eigenvalue weighted by Crippen LogP contribution is -2.42. The van der Waals surface area contributed by atoms with E-state index in [1.807, 2.05) is 17.0 Å². The van der Waals surface area contributed by atoms with Crippen molar-refractivity contribution in [1.82, 2.24) is 15.1 Å². The van der Waals surface area contributed by atoms with Crippen molar-refractivity contribution in [3.63, 3.8) is 0 Å². The van der Waals surface area contributed by atoms with Gasteiger partial charge in [0, 0.05) is 24.2 Å². The van der Waals surface area contributed by atoms with Gasteiger partial charge in [0.2, 0.25) is 0 Å². The van der Waals surface area contributed by atoms with Gasteiger partial charge in [0.05, 0.1) is 17.0 Å². The first-order valence-electron chi connectivity index (χ1n) is 10.3. The first-order valence-corrected chi connectivity index (χ1v) is 10.3. The zero-order chi connectivity index (χ0) is 22.2. The molecular formula is C24H24F3N3O. The number of hydrogen-bond donors (Lipinski definition) is 1. The second kappa shape index (κ2) is 8.21. The first kappa shape index (κ1) is 21.2. The average Bonchev–Trinajstić information content (AvgIpc) is 3.22. The van der Waals surface area contributed by atoms with Crippen molar-refractivity contribution in [3.8, 4) is 22.5 Å². The van der Waals surface area contributed by atoms with E-state index in [1.54, 1.807) is 24.3 Å². The van der Waals surface area contributed by atoms with Crippen molar-refractivity contribution in [1.29, 1.82) is 0 Å². The summed E-state index contributed by atoms with van der Waals surface area (Å²) >= 11 is 0. The fourth-order valence-electron chi connectivity index (χ4n) is 4.28. The lowest BCUT2D eigenvalue weighted by molar-refractivity contribution is -0.137.